The number of ketones is 1. The molecule has 0 radical (unpaired) electrons. The first-order valence-electron chi connectivity index (χ1n) is 16.1. The fourth-order valence-corrected chi connectivity index (χ4v) is 6.38. The first kappa shape index (κ1) is 35.2. The van der Waals surface area contributed by atoms with Crippen LogP contribution >= 0.6 is 11.3 Å². The minimum atomic E-state index is -1.10. The molecule has 1 aliphatic rings. The van der Waals surface area contributed by atoms with Gasteiger partial charge in [0.1, 0.15) is 23.0 Å². The second-order valence-electron chi connectivity index (χ2n) is 12.0. The monoisotopic (exact) mass is 684 g/mol. The molecule has 0 aliphatic carbocycles. The highest BCUT2D eigenvalue weighted by Gasteiger charge is 2.48. The molecule has 1 saturated heterocycles. The Morgan fingerprint density at radius 1 is 1.00 bits per heavy atom. The number of rotatable bonds is 13. The van der Waals surface area contributed by atoms with Crippen LogP contribution in [0.1, 0.15) is 70.9 Å². The number of carbonyl (C=O) groups is 3. The van der Waals surface area contributed by atoms with E-state index >= 15 is 0 Å². The Balaban J connectivity index is 1.56. The van der Waals surface area contributed by atoms with Gasteiger partial charge >= 0.3 is 11.9 Å². The SMILES string of the molecule is CCOC(=O)c1sc(N2C(=O)C(=O)C(=C(O)c3ccc(OCc4ccccc4C)cc3)C2c2ccc(OCCC(C)C)c(OC)c2)nc1C. The van der Waals surface area contributed by atoms with Gasteiger partial charge in [-0.2, -0.15) is 0 Å². The number of ether oxygens (including phenoxy) is 4. The predicted molar refractivity (Wildman–Crippen MR) is 187 cm³/mol. The van der Waals surface area contributed by atoms with Gasteiger partial charge in [-0.15, -0.1) is 0 Å². The van der Waals surface area contributed by atoms with Crippen molar-refractivity contribution in [2.45, 2.75) is 53.7 Å². The summed E-state index contributed by atoms with van der Waals surface area (Å²) in [4.78, 5) is 46.2. The Hall–Kier alpha value is -5.16. The molecule has 1 atom stereocenters. The molecule has 1 amide bonds. The maximum absolute atomic E-state index is 13.8. The molecule has 11 heteroatoms. The number of benzene rings is 3. The normalized spacial score (nSPS) is 15.5. The summed E-state index contributed by atoms with van der Waals surface area (Å²) >= 11 is 0.942. The number of thiazole rings is 1. The van der Waals surface area contributed by atoms with Gasteiger partial charge in [-0.3, -0.25) is 14.5 Å². The van der Waals surface area contributed by atoms with E-state index in [0.717, 1.165) is 28.9 Å². The topological polar surface area (TPSA) is 124 Å². The highest BCUT2D eigenvalue weighted by Crippen LogP contribution is 2.45. The van der Waals surface area contributed by atoms with Crippen LogP contribution in [0.15, 0.2) is 72.3 Å². The zero-order chi connectivity index (χ0) is 35.2. The van der Waals surface area contributed by atoms with E-state index in [1.54, 1.807) is 56.3 Å². The first-order valence-corrected chi connectivity index (χ1v) is 16.9. The quantitative estimate of drug-likeness (QED) is 0.0657. The zero-order valence-corrected chi connectivity index (χ0v) is 29.3. The third-order valence-corrected chi connectivity index (χ3v) is 9.27. The molecule has 0 bridgehead atoms. The van der Waals surface area contributed by atoms with Crippen molar-refractivity contribution in [1.82, 2.24) is 4.98 Å². The minimum Gasteiger partial charge on any atom is -0.507 e. The standard InChI is InChI=1S/C38H40N2O8S/c1-7-46-37(44)35-24(5)39-38(49-35)40-32(26-14-17-29(30(20-26)45-6)47-19-18-22(2)3)31(34(42)36(40)43)33(41)25-12-15-28(16-13-25)48-21-27-11-9-8-10-23(27)4/h8-17,20,22,32,41H,7,18-19,21H2,1-6H3. The molecule has 5 rings (SSSR count). The summed E-state index contributed by atoms with van der Waals surface area (Å²) in [6.07, 6.45) is 0.840. The summed E-state index contributed by atoms with van der Waals surface area (Å²) in [5.74, 6) is -0.837. The van der Waals surface area contributed by atoms with E-state index in [9.17, 15) is 19.5 Å². The zero-order valence-electron chi connectivity index (χ0n) is 28.4. The summed E-state index contributed by atoms with van der Waals surface area (Å²) in [5.41, 5.74) is 3.15. The molecular weight excluding hydrogens is 644 g/mol. The Morgan fingerprint density at radius 2 is 1.73 bits per heavy atom. The second-order valence-corrected chi connectivity index (χ2v) is 13.0. The lowest BCUT2D eigenvalue weighted by Crippen LogP contribution is -2.29. The van der Waals surface area contributed by atoms with E-state index in [-0.39, 0.29) is 27.9 Å². The van der Waals surface area contributed by atoms with E-state index in [1.165, 1.54) is 12.0 Å². The molecule has 0 spiro atoms. The molecule has 256 valence electrons. The number of aliphatic hydroxyl groups excluding tert-OH is 1. The molecule has 1 unspecified atom stereocenters. The predicted octanol–water partition coefficient (Wildman–Crippen LogP) is 7.58. The molecule has 4 aromatic rings. The second kappa shape index (κ2) is 15.4. The van der Waals surface area contributed by atoms with Gasteiger partial charge in [-0.05, 0) is 86.2 Å². The third kappa shape index (κ3) is 7.62. The van der Waals surface area contributed by atoms with Gasteiger partial charge in [0.25, 0.3) is 5.78 Å². The highest BCUT2D eigenvalue weighted by atomic mass is 32.1. The van der Waals surface area contributed by atoms with E-state index in [2.05, 4.69) is 18.8 Å². The fourth-order valence-electron chi connectivity index (χ4n) is 5.39. The van der Waals surface area contributed by atoms with Crippen LogP contribution in [0.3, 0.4) is 0 Å². The Kier molecular flexibility index (Phi) is 11.0. The van der Waals surface area contributed by atoms with Gasteiger partial charge in [0.05, 0.1) is 37.6 Å². The van der Waals surface area contributed by atoms with Crippen molar-refractivity contribution >= 4 is 39.9 Å². The molecule has 1 N–H and O–H groups in total. The van der Waals surface area contributed by atoms with Crippen molar-refractivity contribution in [2.75, 3.05) is 25.2 Å². The maximum Gasteiger partial charge on any atom is 0.350 e. The number of nitrogens with zero attached hydrogens (tertiary/aromatic N) is 2. The summed E-state index contributed by atoms with van der Waals surface area (Å²) in [6.45, 7) is 10.6. The van der Waals surface area contributed by atoms with Crippen molar-refractivity contribution in [3.05, 3.63) is 105 Å². The molecule has 49 heavy (non-hydrogen) atoms. The summed E-state index contributed by atoms with van der Waals surface area (Å²) < 4.78 is 22.8. The Labute approximate surface area is 289 Å². The number of Topliss-reactive ketones (excluding diaryl/α,β-unsaturated/α-hetero) is 1. The molecule has 1 aromatic heterocycles. The van der Waals surface area contributed by atoms with Gasteiger partial charge in [0.2, 0.25) is 0 Å². The number of anilines is 1. The van der Waals surface area contributed by atoms with Crippen molar-refractivity contribution in [1.29, 1.82) is 0 Å². The number of hydrogen-bond acceptors (Lipinski definition) is 10. The van der Waals surface area contributed by atoms with Gasteiger partial charge < -0.3 is 24.1 Å². The van der Waals surface area contributed by atoms with Crippen LogP contribution in [0.5, 0.6) is 17.2 Å². The van der Waals surface area contributed by atoms with Crippen molar-refractivity contribution in [2.24, 2.45) is 5.92 Å². The van der Waals surface area contributed by atoms with Crippen LogP contribution in [0.2, 0.25) is 0 Å². The summed E-state index contributed by atoms with van der Waals surface area (Å²) in [7, 11) is 1.50. The van der Waals surface area contributed by atoms with Gasteiger partial charge in [-0.25, -0.2) is 9.78 Å². The average Bonchev–Trinajstić information content (AvgIpc) is 3.60. The Bertz CT molecular complexity index is 1880. The first-order chi connectivity index (χ1) is 23.5. The van der Waals surface area contributed by atoms with Crippen molar-refractivity contribution in [3.8, 4) is 17.2 Å². The molecule has 10 nitrogen and oxygen atoms in total. The lowest BCUT2D eigenvalue weighted by molar-refractivity contribution is -0.132. The number of aliphatic hydroxyl groups is 1. The van der Waals surface area contributed by atoms with Gasteiger partial charge in [0.15, 0.2) is 16.6 Å². The van der Waals surface area contributed by atoms with E-state index in [1.807, 2.05) is 31.2 Å². The Morgan fingerprint density at radius 3 is 2.41 bits per heavy atom. The van der Waals surface area contributed by atoms with Crippen LogP contribution in [0, 0.1) is 19.8 Å². The minimum absolute atomic E-state index is 0.114. The van der Waals surface area contributed by atoms with Crippen molar-refractivity contribution in [3.63, 3.8) is 0 Å². The maximum atomic E-state index is 13.8. The fraction of sp³-hybridized carbons (Fsp3) is 0.316. The average molecular weight is 685 g/mol. The van der Waals surface area contributed by atoms with Crippen LogP contribution in [-0.2, 0) is 20.9 Å². The van der Waals surface area contributed by atoms with E-state index < -0.39 is 23.7 Å². The van der Waals surface area contributed by atoms with Crippen LogP contribution in [0.4, 0.5) is 5.13 Å². The molecule has 1 aliphatic heterocycles. The third-order valence-electron chi connectivity index (χ3n) is 8.14. The number of methoxy groups -OCH3 is 1. The summed E-state index contributed by atoms with van der Waals surface area (Å²) in [5, 5.41) is 11.8. The number of carbonyl (C=O) groups excluding carboxylic acids is 3. The van der Waals surface area contributed by atoms with Crippen LogP contribution in [-0.4, -0.2) is 48.1 Å². The van der Waals surface area contributed by atoms with Gasteiger partial charge in [0, 0.05) is 5.56 Å². The molecule has 3 aromatic carbocycles. The van der Waals surface area contributed by atoms with Crippen LogP contribution in [0.25, 0.3) is 5.76 Å². The molecular formula is C38H40N2O8S. The van der Waals surface area contributed by atoms with Gasteiger partial charge in [-0.1, -0.05) is 55.5 Å². The smallest absolute Gasteiger partial charge is 0.350 e. The number of esters is 1. The largest absolute Gasteiger partial charge is 0.507 e. The van der Waals surface area contributed by atoms with E-state index in [4.69, 9.17) is 18.9 Å². The van der Waals surface area contributed by atoms with Crippen LogP contribution < -0.4 is 19.1 Å². The highest BCUT2D eigenvalue weighted by molar-refractivity contribution is 7.17. The van der Waals surface area contributed by atoms with E-state index in [0.29, 0.717) is 53.2 Å². The molecule has 0 saturated carbocycles. The van der Waals surface area contributed by atoms with Crippen molar-refractivity contribution < 1.29 is 38.4 Å². The number of amides is 1. The number of aromatic nitrogens is 1. The lowest BCUT2D eigenvalue weighted by Gasteiger charge is -2.24. The lowest BCUT2D eigenvalue weighted by atomic mass is 9.95. The number of aryl methyl sites for hydroxylation is 2. The number of hydrogen-bond donors (Lipinski definition) is 1. The summed E-state index contributed by atoms with van der Waals surface area (Å²) in [6, 6.07) is 18.6. The molecule has 2 heterocycles. The molecule has 1 fully saturated rings.